The second kappa shape index (κ2) is 6.95. The van der Waals surface area contributed by atoms with E-state index in [0.29, 0.717) is 24.6 Å². The summed E-state index contributed by atoms with van der Waals surface area (Å²) >= 11 is 3.35. The van der Waals surface area contributed by atoms with Gasteiger partial charge in [0.25, 0.3) is 5.91 Å². The molecule has 0 aliphatic heterocycles. The third-order valence-corrected chi connectivity index (χ3v) is 3.11. The first-order valence-electron chi connectivity index (χ1n) is 6.26. The molecule has 1 aromatic heterocycles. The summed E-state index contributed by atoms with van der Waals surface area (Å²) in [6.07, 6.45) is 2.08. The van der Waals surface area contributed by atoms with Gasteiger partial charge in [-0.3, -0.25) is 4.79 Å². The quantitative estimate of drug-likeness (QED) is 0.846. The van der Waals surface area contributed by atoms with Crippen molar-refractivity contribution in [1.29, 1.82) is 0 Å². The molecule has 1 amide bonds. The maximum absolute atomic E-state index is 12.0. The Bertz CT molecular complexity index is 402. The molecule has 5 heteroatoms. The van der Waals surface area contributed by atoms with Crippen molar-refractivity contribution in [1.82, 2.24) is 9.88 Å². The molecule has 1 atom stereocenters. The number of hydrogen-bond donors (Lipinski definition) is 2. The third-order valence-electron chi connectivity index (χ3n) is 2.68. The predicted molar refractivity (Wildman–Crippen MR) is 75.6 cm³/mol. The van der Waals surface area contributed by atoms with Crippen LogP contribution in [0.15, 0.2) is 16.7 Å². The molecule has 0 fully saturated rings. The molecule has 102 valence electrons. The van der Waals surface area contributed by atoms with E-state index < -0.39 is 6.10 Å². The molecule has 1 rings (SSSR count). The lowest BCUT2D eigenvalue weighted by Crippen LogP contribution is -2.33. The van der Waals surface area contributed by atoms with Gasteiger partial charge in [-0.25, -0.2) is 0 Å². The summed E-state index contributed by atoms with van der Waals surface area (Å²) in [5.74, 6) is 0.274. The fraction of sp³-hybridized carbons (Fsp3) is 0.615. The van der Waals surface area contributed by atoms with Crippen LogP contribution in [0.3, 0.4) is 0 Å². The van der Waals surface area contributed by atoms with E-state index in [-0.39, 0.29) is 5.91 Å². The van der Waals surface area contributed by atoms with Gasteiger partial charge in [-0.15, -0.1) is 0 Å². The van der Waals surface area contributed by atoms with Crippen molar-refractivity contribution in [2.75, 3.05) is 6.54 Å². The van der Waals surface area contributed by atoms with Gasteiger partial charge in [0.05, 0.1) is 6.10 Å². The van der Waals surface area contributed by atoms with Crippen LogP contribution in [0.25, 0.3) is 0 Å². The molecule has 0 spiro atoms. The van der Waals surface area contributed by atoms with E-state index in [4.69, 9.17) is 0 Å². The van der Waals surface area contributed by atoms with Crippen molar-refractivity contribution in [3.63, 3.8) is 0 Å². The zero-order chi connectivity index (χ0) is 13.7. The summed E-state index contributed by atoms with van der Waals surface area (Å²) < 4.78 is 2.76. The molecular formula is C13H21BrN2O2. The number of nitrogens with one attached hydrogen (secondary N) is 1. The van der Waals surface area contributed by atoms with Crippen LogP contribution in [0.4, 0.5) is 0 Å². The SMILES string of the molecule is CCn1cc(Br)cc1C(=O)NCC(O)CC(C)C. The summed E-state index contributed by atoms with van der Waals surface area (Å²) in [6.45, 7) is 7.11. The summed E-state index contributed by atoms with van der Waals surface area (Å²) in [4.78, 5) is 12.0. The standard InChI is InChI=1S/C13H21BrN2O2/c1-4-16-8-10(14)6-12(16)13(18)15-7-11(17)5-9(2)3/h6,8-9,11,17H,4-5,7H2,1-3H3,(H,15,18). The molecule has 0 radical (unpaired) electrons. The van der Waals surface area contributed by atoms with E-state index in [0.717, 1.165) is 11.0 Å². The highest BCUT2D eigenvalue weighted by atomic mass is 79.9. The van der Waals surface area contributed by atoms with E-state index in [1.165, 1.54) is 0 Å². The number of carbonyl (C=O) groups excluding carboxylic acids is 1. The summed E-state index contributed by atoms with van der Waals surface area (Å²) in [6, 6.07) is 1.79. The minimum Gasteiger partial charge on any atom is -0.391 e. The molecule has 0 saturated heterocycles. The van der Waals surface area contributed by atoms with Crippen LogP contribution >= 0.6 is 15.9 Å². The van der Waals surface area contributed by atoms with Crippen LogP contribution < -0.4 is 5.32 Å². The molecule has 1 heterocycles. The summed E-state index contributed by atoms with van der Waals surface area (Å²) in [5.41, 5.74) is 0.612. The Hall–Kier alpha value is -0.810. The number of carbonyl (C=O) groups is 1. The van der Waals surface area contributed by atoms with E-state index >= 15 is 0 Å². The van der Waals surface area contributed by atoms with Crippen molar-refractivity contribution < 1.29 is 9.90 Å². The van der Waals surface area contributed by atoms with Crippen LogP contribution in [0.2, 0.25) is 0 Å². The van der Waals surface area contributed by atoms with E-state index in [2.05, 4.69) is 21.2 Å². The topological polar surface area (TPSA) is 54.3 Å². The molecule has 1 aromatic rings. The lowest BCUT2D eigenvalue weighted by atomic mass is 10.1. The second-order valence-corrected chi connectivity index (χ2v) is 5.74. The number of amides is 1. The van der Waals surface area contributed by atoms with E-state index in [1.54, 1.807) is 6.07 Å². The Kier molecular flexibility index (Phi) is 5.88. The largest absolute Gasteiger partial charge is 0.391 e. The number of aliphatic hydroxyl groups excluding tert-OH is 1. The number of halogens is 1. The van der Waals surface area contributed by atoms with Crippen molar-refractivity contribution in [2.45, 2.75) is 39.8 Å². The van der Waals surface area contributed by atoms with Crippen LogP contribution in [0.1, 0.15) is 37.7 Å². The number of aryl methyl sites for hydroxylation is 1. The minimum absolute atomic E-state index is 0.148. The van der Waals surface area contributed by atoms with Gasteiger partial charge in [0, 0.05) is 23.8 Å². The minimum atomic E-state index is -0.484. The number of aliphatic hydroxyl groups is 1. The predicted octanol–water partition coefficient (Wildman–Crippen LogP) is 2.41. The van der Waals surface area contributed by atoms with Gasteiger partial charge in [0.1, 0.15) is 5.69 Å². The van der Waals surface area contributed by atoms with Gasteiger partial charge in [-0.2, -0.15) is 0 Å². The zero-order valence-corrected chi connectivity index (χ0v) is 12.7. The Labute approximate surface area is 117 Å². The highest BCUT2D eigenvalue weighted by Crippen LogP contribution is 2.15. The maximum Gasteiger partial charge on any atom is 0.268 e. The maximum atomic E-state index is 12.0. The van der Waals surface area contributed by atoms with Crippen molar-refractivity contribution in [3.8, 4) is 0 Å². The zero-order valence-electron chi connectivity index (χ0n) is 11.1. The Morgan fingerprint density at radius 3 is 2.78 bits per heavy atom. The van der Waals surface area contributed by atoms with Crippen molar-refractivity contribution in [3.05, 3.63) is 22.4 Å². The fourth-order valence-corrected chi connectivity index (χ4v) is 2.32. The lowest BCUT2D eigenvalue weighted by Gasteiger charge is -2.14. The summed E-state index contributed by atoms with van der Waals surface area (Å²) in [5, 5.41) is 12.5. The Morgan fingerprint density at radius 2 is 2.22 bits per heavy atom. The number of hydrogen-bond acceptors (Lipinski definition) is 2. The van der Waals surface area contributed by atoms with Gasteiger partial charge >= 0.3 is 0 Å². The lowest BCUT2D eigenvalue weighted by molar-refractivity contribution is 0.0891. The molecule has 4 nitrogen and oxygen atoms in total. The van der Waals surface area contributed by atoms with E-state index in [9.17, 15) is 9.90 Å². The summed E-state index contributed by atoms with van der Waals surface area (Å²) in [7, 11) is 0. The first kappa shape index (κ1) is 15.2. The molecule has 0 aliphatic carbocycles. The molecule has 18 heavy (non-hydrogen) atoms. The highest BCUT2D eigenvalue weighted by molar-refractivity contribution is 9.10. The Balaban J connectivity index is 2.54. The molecule has 0 bridgehead atoms. The monoisotopic (exact) mass is 316 g/mol. The third kappa shape index (κ3) is 4.46. The molecule has 0 saturated carbocycles. The van der Waals surface area contributed by atoms with Gasteiger partial charge in [0.2, 0.25) is 0 Å². The first-order chi connectivity index (χ1) is 8.43. The smallest absolute Gasteiger partial charge is 0.268 e. The van der Waals surface area contributed by atoms with Gasteiger partial charge < -0.3 is 15.0 Å². The number of rotatable bonds is 6. The average molecular weight is 317 g/mol. The molecular weight excluding hydrogens is 296 g/mol. The number of nitrogens with zero attached hydrogens (tertiary/aromatic N) is 1. The van der Waals surface area contributed by atoms with Crippen LogP contribution in [-0.2, 0) is 6.54 Å². The molecule has 0 aromatic carbocycles. The highest BCUT2D eigenvalue weighted by Gasteiger charge is 2.14. The van der Waals surface area contributed by atoms with Gasteiger partial charge in [-0.05, 0) is 41.3 Å². The van der Waals surface area contributed by atoms with Crippen molar-refractivity contribution in [2.24, 2.45) is 5.92 Å². The molecule has 0 aliphatic rings. The van der Waals surface area contributed by atoms with Crippen LogP contribution in [0, 0.1) is 5.92 Å². The number of aromatic nitrogens is 1. The first-order valence-corrected chi connectivity index (χ1v) is 7.05. The van der Waals surface area contributed by atoms with Crippen LogP contribution in [-0.4, -0.2) is 28.2 Å². The molecule has 2 N–H and O–H groups in total. The second-order valence-electron chi connectivity index (χ2n) is 4.82. The normalized spacial score (nSPS) is 12.8. The van der Waals surface area contributed by atoms with E-state index in [1.807, 2.05) is 31.5 Å². The molecule has 1 unspecified atom stereocenters. The van der Waals surface area contributed by atoms with Gasteiger partial charge in [-0.1, -0.05) is 13.8 Å². The fourth-order valence-electron chi connectivity index (χ4n) is 1.86. The Morgan fingerprint density at radius 1 is 1.56 bits per heavy atom. The average Bonchev–Trinajstić information content (AvgIpc) is 2.66. The van der Waals surface area contributed by atoms with Gasteiger partial charge in [0.15, 0.2) is 0 Å². The van der Waals surface area contributed by atoms with Crippen molar-refractivity contribution >= 4 is 21.8 Å². The van der Waals surface area contributed by atoms with Crippen LogP contribution in [0.5, 0.6) is 0 Å².